The first kappa shape index (κ1) is 19.8. The zero-order valence-electron chi connectivity index (χ0n) is 16.4. The number of amides is 1. The summed E-state index contributed by atoms with van der Waals surface area (Å²) >= 11 is 3.34. The van der Waals surface area contributed by atoms with Gasteiger partial charge in [-0.05, 0) is 35.9 Å². The van der Waals surface area contributed by atoms with Gasteiger partial charge in [-0.1, -0.05) is 52.3 Å². The Balaban J connectivity index is 1.46. The van der Waals surface area contributed by atoms with Crippen LogP contribution in [0.2, 0.25) is 0 Å². The summed E-state index contributed by atoms with van der Waals surface area (Å²) in [5.41, 5.74) is 0.381. The van der Waals surface area contributed by atoms with Gasteiger partial charge in [-0.15, -0.1) is 0 Å². The monoisotopic (exact) mass is 479 g/mol. The number of Topliss-reactive ketones (excluding diaryl/α,β-unsaturated/α-hetero) is 1. The van der Waals surface area contributed by atoms with Gasteiger partial charge in [0.15, 0.2) is 22.9 Å². The van der Waals surface area contributed by atoms with Crippen LogP contribution in [0.4, 0.5) is 5.69 Å². The van der Waals surface area contributed by atoms with Crippen LogP contribution in [0, 0.1) is 0 Å². The summed E-state index contributed by atoms with van der Waals surface area (Å²) in [6.45, 7) is 0.406. The van der Waals surface area contributed by atoms with Crippen LogP contribution in [0.25, 0.3) is 0 Å². The van der Waals surface area contributed by atoms with Crippen molar-refractivity contribution in [2.24, 2.45) is 0 Å². The third-order valence-electron chi connectivity index (χ3n) is 5.60. The van der Waals surface area contributed by atoms with Crippen LogP contribution in [-0.2, 0) is 16.9 Å². The number of ether oxygens (including phenoxy) is 2. The predicted molar refractivity (Wildman–Crippen MR) is 117 cm³/mol. The van der Waals surface area contributed by atoms with E-state index in [1.165, 1.54) is 4.90 Å². The topological polar surface area (TPSA) is 76.1 Å². The Labute approximate surface area is 187 Å². The van der Waals surface area contributed by atoms with Gasteiger partial charge < -0.3 is 19.5 Å². The number of carbonyl (C=O) groups is 2. The average molecular weight is 480 g/mol. The van der Waals surface area contributed by atoms with E-state index < -0.39 is 11.5 Å². The SMILES string of the molecule is O=C(CC1(O)C(=O)N(Cc2ccc3c(c2)OCO3)c2ccccc21)c1ccc(Br)cc1. The first-order valence-corrected chi connectivity index (χ1v) is 10.6. The molecule has 7 heteroatoms. The lowest BCUT2D eigenvalue weighted by atomic mass is 9.88. The van der Waals surface area contributed by atoms with Gasteiger partial charge in [0.2, 0.25) is 6.79 Å². The average Bonchev–Trinajstić information content (AvgIpc) is 3.32. The molecule has 0 aromatic heterocycles. The van der Waals surface area contributed by atoms with Crippen molar-refractivity contribution in [1.82, 2.24) is 0 Å². The Morgan fingerprint density at radius 1 is 1.03 bits per heavy atom. The normalized spacial score (nSPS) is 18.9. The van der Waals surface area contributed by atoms with Gasteiger partial charge in [0.05, 0.1) is 18.7 Å². The molecule has 2 aliphatic heterocycles. The van der Waals surface area contributed by atoms with E-state index >= 15 is 0 Å². The van der Waals surface area contributed by atoms with Crippen LogP contribution in [-0.4, -0.2) is 23.6 Å². The number of benzene rings is 3. The van der Waals surface area contributed by atoms with Crippen LogP contribution < -0.4 is 14.4 Å². The highest BCUT2D eigenvalue weighted by atomic mass is 79.9. The van der Waals surface area contributed by atoms with E-state index in [0.29, 0.717) is 28.3 Å². The molecule has 0 spiro atoms. The van der Waals surface area contributed by atoms with Crippen LogP contribution >= 0.6 is 15.9 Å². The standard InChI is InChI=1S/C24H18BrNO5/c25-17-8-6-16(7-9-17)20(27)12-24(29)18-3-1-2-4-19(18)26(23(24)28)13-15-5-10-21-22(11-15)31-14-30-21/h1-11,29H,12-14H2. The van der Waals surface area contributed by atoms with Crippen molar-refractivity contribution >= 4 is 33.3 Å². The largest absolute Gasteiger partial charge is 0.454 e. The van der Waals surface area contributed by atoms with Crippen LogP contribution in [0.3, 0.4) is 0 Å². The highest BCUT2D eigenvalue weighted by molar-refractivity contribution is 9.10. The predicted octanol–water partition coefficient (Wildman–Crippen LogP) is 4.19. The minimum absolute atomic E-state index is 0.169. The number of nitrogens with zero attached hydrogens (tertiary/aromatic N) is 1. The highest BCUT2D eigenvalue weighted by Crippen LogP contribution is 2.44. The van der Waals surface area contributed by atoms with Gasteiger partial charge in [0.1, 0.15) is 0 Å². The lowest BCUT2D eigenvalue weighted by molar-refractivity contribution is -0.136. The van der Waals surface area contributed by atoms with Gasteiger partial charge in [-0.3, -0.25) is 9.59 Å². The van der Waals surface area contributed by atoms with Crippen molar-refractivity contribution in [3.63, 3.8) is 0 Å². The summed E-state index contributed by atoms with van der Waals surface area (Å²) in [6, 6.07) is 19.4. The second-order valence-corrected chi connectivity index (χ2v) is 8.48. The maximum Gasteiger partial charge on any atom is 0.264 e. The van der Waals surface area contributed by atoms with Crippen LogP contribution in [0.1, 0.15) is 27.9 Å². The fourth-order valence-electron chi connectivity index (χ4n) is 4.03. The van der Waals surface area contributed by atoms with Gasteiger partial charge in [0.25, 0.3) is 5.91 Å². The number of ketones is 1. The molecule has 2 heterocycles. The quantitative estimate of drug-likeness (QED) is 0.555. The molecule has 1 N–H and O–H groups in total. The molecule has 0 fully saturated rings. The summed E-state index contributed by atoms with van der Waals surface area (Å²) in [5, 5.41) is 11.4. The second kappa shape index (κ2) is 7.51. The number of aliphatic hydroxyl groups is 1. The van der Waals surface area contributed by atoms with Crippen molar-refractivity contribution in [2.45, 2.75) is 18.6 Å². The molecule has 0 saturated carbocycles. The molecule has 0 aliphatic carbocycles. The molecular weight excluding hydrogens is 462 g/mol. The summed E-state index contributed by atoms with van der Waals surface area (Å²) in [5.74, 6) is 0.464. The summed E-state index contributed by atoms with van der Waals surface area (Å²) in [6.07, 6.45) is -0.331. The van der Waals surface area contributed by atoms with Gasteiger partial charge in [0, 0.05) is 15.6 Å². The van der Waals surface area contributed by atoms with E-state index in [-0.39, 0.29) is 25.5 Å². The van der Waals surface area contributed by atoms with E-state index in [1.54, 1.807) is 54.6 Å². The lowest BCUT2D eigenvalue weighted by Crippen LogP contribution is -2.41. The van der Waals surface area contributed by atoms with Crippen molar-refractivity contribution in [2.75, 3.05) is 11.7 Å². The maximum absolute atomic E-state index is 13.4. The van der Waals surface area contributed by atoms with Crippen molar-refractivity contribution in [3.8, 4) is 11.5 Å². The van der Waals surface area contributed by atoms with E-state index in [0.717, 1.165) is 10.0 Å². The number of hydrogen-bond donors (Lipinski definition) is 1. The van der Waals surface area contributed by atoms with Gasteiger partial charge >= 0.3 is 0 Å². The fourth-order valence-corrected chi connectivity index (χ4v) is 4.29. The van der Waals surface area contributed by atoms with Crippen LogP contribution in [0.5, 0.6) is 11.5 Å². The molecule has 3 aromatic rings. The molecule has 1 unspecified atom stereocenters. The zero-order chi connectivity index (χ0) is 21.6. The minimum atomic E-state index is -1.92. The van der Waals surface area contributed by atoms with E-state index in [2.05, 4.69) is 15.9 Å². The number of carbonyl (C=O) groups excluding carboxylic acids is 2. The maximum atomic E-state index is 13.4. The summed E-state index contributed by atoms with van der Waals surface area (Å²) < 4.78 is 11.6. The number of hydrogen-bond acceptors (Lipinski definition) is 5. The Morgan fingerprint density at radius 3 is 2.58 bits per heavy atom. The number of rotatable bonds is 5. The van der Waals surface area contributed by atoms with Crippen molar-refractivity contribution < 1.29 is 24.2 Å². The molecule has 6 nitrogen and oxygen atoms in total. The Bertz CT molecular complexity index is 1190. The van der Waals surface area contributed by atoms with Crippen molar-refractivity contribution in [3.05, 3.63) is 87.9 Å². The molecule has 0 saturated heterocycles. The number of halogens is 1. The molecule has 3 aromatic carbocycles. The molecule has 5 rings (SSSR count). The number of anilines is 1. The lowest BCUT2D eigenvalue weighted by Gasteiger charge is -2.23. The Kier molecular flexibility index (Phi) is 4.79. The minimum Gasteiger partial charge on any atom is -0.454 e. The molecule has 0 bridgehead atoms. The van der Waals surface area contributed by atoms with E-state index in [4.69, 9.17) is 9.47 Å². The molecule has 2 aliphatic rings. The summed E-state index contributed by atoms with van der Waals surface area (Å²) in [4.78, 5) is 27.8. The fraction of sp³-hybridized carbons (Fsp3) is 0.167. The molecule has 1 atom stereocenters. The molecule has 1 amide bonds. The Hall–Kier alpha value is -3.16. The molecule has 31 heavy (non-hydrogen) atoms. The van der Waals surface area contributed by atoms with E-state index in [1.807, 2.05) is 12.1 Å². The third kappa shape index (κ3) is 3.40. The van der Waals surface area contributed by atoms with Crippen molar-refractivity contribution in [1.29, 1.82) is 0 Å². The Morgan fingerprint density at radius 2 is 1.77 bits per heavy atom. The molecule has 156 valence electrons. The smallest absolute Gasteiger partial charge is 0.264 e. The van der Waals surface area contributed by atoms with Crippen LogP contribution in [0.15, 0.2) is 71.2 Å². The van der Waals surface area contributed by atoms with E-state index in [9.17, 15) is 14.7 Å². The molecule has 0 radical (unpaired) electrons. The van der Waals surface area contributed by atoms with Gasteiger partial charge in [-0.25, -0.2) is 0 Å². The third-order valence-corrected chi connectivity index (χ3v) is 6.13. The van der Waals surface area contributed by atoms with Gasteiger partial charge in [-0.2, -0.15) is 0 Å². The summed E-state index contributed by atoms with van der Waals surface area (Å²) in [7, 11) is 0. The number of para-hydroxylation sites is 1. The highest BCUT2D eigenvalue weighted by Gasteiger charge is 2.50. The zero-order valence-corrected chi connectivity index (χ0v) is 18.0. The first-order chi connectivity index (χ1) is 15.0. The second-order valence-electron chi connectivity index (χ2n) is 7.56. The number of fused-ring (bicyclic) bond motifs is 2. The molecular formula is C24H18BrNO5. The first-order valence-electron chi connectivity index (χ1n) is 9.77.